The summed E-state index contributed by atoms with van der Waals surface area (Å²) in [5.74, 6) is 2.06. The summed E-state index contributed by atoms with van der Waals surface area (Å²) in [6.45, 7) is 9.69. The number of carbonyl (C=O) groups excluding carboxylic acids is 1. The first-order valence-electron chi connectivity index (χ1n) is 9.77. The summed E-state index contributed by atoms with van der Waals surface area (Å²) in [4.78, 5) is 23.7. The minimum atomic E-state index is -0.286. The van der Waals surface area contributed by atoms with Crippen molar-refractivity contribution in [2.24, 2.45) is 5.92 Å². The Morgan fingerprint density at radius 2 is 1.81 bits per heavy atom. The predicted octanol–water partition coefficient (Wildman–Crippen LogP) is 3.77. The zero-order valence-electron chi connectivity index (χ0n) is 16.8. The Labute approximate surface area is 162 Å². The third-order valence-electron chi connectivity index (χ3n) is 4.85. The summed E-state index contributed by atoms with van der Waals surface area (Å²) in [5.41, 5.74) is 1.57. The summed E-state index contributed by atoms with van der Waals surface area (Å²) in [5, 5.41) is 2.98. The summed E-state index contributed by atoms with van der Waals surface area (Å²) < 4.78 is 0. The number of hydrogen-bond donors (Lipinski definition) is 1. The summed E-state index contributed by atoms with van der Waals surface area (Å²) >= 11 is 0. The van der Waals surface area contributed by atoms with E-state index in [-0.39, 0.29) is 11.4 Å². The average molecular weight is 367 g/mol. The van der Waals surface area contributed by atoms with E-state index >= 15 is 0 Å². The fourth-order valence-electron chi connectivity index (χ4n) is 3.55. The minimum Gasteiger partial charge on any atom is -0.356 e. The highest BCUT2D eigenvalue weighted by Gasteiger charge is 2.23. The zero-order valence-corrected chi connectivity index (χ0v) is 16.8. The van der Waals surface area contributed by atoms with Gasteiger partial charge in [-0.05, 0) is 58.4 Å². The lowest BCUT2D eigenvalue weighted by Gasteiger charge is -2.33. The smallest absolute Gasteiger partial charge is 0.270 e. The van der Waals surface area contributed by atoms with E-state index < -0.39 is 0 Å². The highest BCUT2D eigenvalue weighted by atomic mass is 16.2. The fourth-order valence-corrected chi connectivity index (χ4v) is 3.55. The number of benzene rings is 1. The molecule has 0 unspecified atom stereocenters. The molecular formula is C22H30N4O. The molecule has 0 saturated carbocycles. The van der Waals surface area contributed by atoms with Crippen molar-refractivity contribution in [3.8, 4) is 0 Å². The van der Waals surface area contributed by atoms with Gasteiger partial charge in [0.05, 0.1) is 0 Å². The van der Waals surface area contributed by atoms with Crippen LogP contribution in [0.4, 0.5) is 5.82 Å². The molecule has 5 nitrogen and oxygen atoms in total. The maximum absolute atomic E-state index is 12.5. The molecule has 1 saturated heterocycles. The number of aromatic nitrogens is 2. The monoisotopic (exact) mass is 366 g/mol. The molecule has 1 amide bonds. The summed E-state index contributed by atoms with van der Waals surface area (Å²) in [6.07, 6.45) is 3.42. The van der Waals surface area contributed by atoms with Crippen LogP contribution in [0.1, 0.15) is 55.5 Å². The van der Waals surface area contributed by atoms with Crippen LogP contribution in [0, 0.1) is 12.8 Å². The maximum Gasteiger partial charge on any atom is 0.270 e. The van der Waals surface area contributed by atoms with Crippen molar-refractivity contribution < 1.29 is 4.79 Å². The molecule has 144 valence electrons. The summed E-state index contributed by atoms with van der Waals surface area (Å²) in [7, 11) is 0. The quantitative estimate of drug-likeness (QED) is 0.895. The van der Waals surface area contributed by atoms with Gasteiger partial charge in [0.2, 0.25) is 0 Å². The Morgan fingerprint density at radius 3 is 2.44 bits per heavy atom. The first-order valence-corrected chi connectivity index (χ1v) is 9.77. The van der Waals surface area contributed by atoms with E-state index in [1.54, 1.807) is 0 Å². The molecule has 2 aromatic rings. The Bertz CT molecular complexity index is 775. The van der Waals surface area contributed by atoms with Gasteiger partial charge < -0.3 is 10.2 Å². The van der Waals surface area contributed by atoms with Gasteiger partial charge in [0, 0.05) is 24.7 Å². The van der Waals surface area contributed by atoms with Crippen molar-refractivity contribution >= 4 is 11.7 Å². The topological polar surface area (TPSA) is 58.1 Å². The van der Waals surface area contributed by atoms with Gasteiger partial charge in [-0.25, -0.2) is 9.97 Å². The van der Waals surface area contributed by atoms with Gasteiger partial charge in [-0.2, -0.15) is 0 Å². The van der Waals surface area contributed by atoms with Crippen molar-refractivity contribution in [3.05, 3.63) is 53.5 Å². The van der Waals surface area contributed by atoms with E-state index in [2.05, 4.69) is 50.5 Å². The molecule has 1 aliphatic heterocycles. The first kappa shape index (κ1) is 19.3. The molecular weight excluding hydrogens is 336 g/mol. The number of anilines is 1. The molecule has 3 rings (SSSR count). The molecule has 0 spiro atoms. The second kappa shape index (κ2) is 8.07. The van der Waals surface area contributed by atoms with Crippen LogP contribution in [0.5, 0.6) is 0 Å². The third-order valence-corrected chi connectivity index (χ3v) is 4.85. The van der Waals surface area contributed by atoms with Crippen molar-refractivity contribution in [1.82, 2.24) is 15.3 Å². The van der Waals surface area contributed by atoms with Crippen molar-refractivity contribution in [2.75, 3.05) is 18.0 Å². The molecule has 0 atom stereocenters. The molecule has 2 heterocycles. The minimum absolute atomic E-state index is 0.145. The van der Waals surface area contributed by atoms with Crippen LogP contribution in [0.3, 0.4) is 0 Å². The van der Waals surface area contributed by atoms with Crippen LogP contribution >= 0.6 is 0 Å². The first-order chi connectivity index (χ1) is 12.8. The zero-order chi connectivity index (χ0) is 19.4. The van der Waals surface area contributed by atoms with Crippen LogP contribution in [-0.2, 0) is 6.42 Å². The van der Waals surface area contributed by atoms with Gasteiger partial charge >= 0.3 is 0 Å². The molecule has 1 fully saturated rings. The standard InChI is InChI=1S/C22H30N4O/c1-16-23-19(21(27)25-22(2,3)4)15-20(24-16)26-12-10-18(11-13-26)14-17-8-6-5-7-9-17/h5-9,15,18H,10-14H2,1-4H3,(H,25,27). The number of carbonyl (C=O) groups is 1. The largest absolute Gasteiger partial charge is 0.356 e. The fraction of sp³-hybridized carbons (Fsp3) is 0.500. The lowest BCUT2D eigenvalue weighted by molar-refractivity contribution is 0.0914. The SMILES string of the molecule is Cc1nc(C(=O)NC(C)(C)C)cc(N2CCC(Cc3ccccc3)CC2)n1. The Balaban J connectivity index is 1.64. The van der Waals surface area contributed by atoms with Crippen molar-refractivity contribution in [3.63, 3.8) is 0 Å². The number of nitrogens with zero attached hydrogens (tertiary/aromatic N) is 3. The number of aryl methyl sites for hydroxylation is 1. The number of amides is 1. The van der Waals surface area contributed by atoms with E-state index in [0.717, 1.165) is 38.2 Å². The van der Waals surface area contributed by atoms with Crippen LogP contribution < -0.4 is 10.2 Å². The average Bonchev–Trinajstić information content (AvgIpc) is 2.61. The van der Waals surface area contributed by atoms with E-state index in [0.29, 0.717) is 17.4 Å². The molecule has 1 aromatic heterocycles. The highest BCUT2D eigenvalue weighted by molar-refractivity contribution is 5.93. The van der Waals surface area contributed by atoms with Gasteiger partial charge in [-0.3, -0.25) is 4.79 Å². The molecule has 0 bridgehead atoms. The third kappa shape index (κ3) is 5.52. The maximum atomic E-state index is 12.5. The number of rotatable bonds is 4. The Kier molecular flexibility index (Phi) is 5.78. The molecule has 0 aliphatic carbocycles. The van der Waals surface area contributed by atoms with Gasteiger partial charge in [-0.1, -0.05) is 30.3 Å². The van der Waals surface area contributed by atoms with Crippen LogP contribution in [0.15, 0.2) is 36.4 Å². The number of hydrogen-bond acceptors (Lipinski definition) is 4. The Morgan fingerprint density at radius 1 is 1.15 bits per heavy atom. The van der Waals surface area contributed by atoms with E-state index in [1.165, 1.54) is 5.56 Å². The second-order valence-corrected chi connectivity index (χ2v) is 8.48. The normalized spacial score (nSPS) is 15.6. The van der Waals surface area contributed by atoms with E-state index in [4.69, 9.17) is 0 Å². The van der Waals surface area contributed by atoms with Crippen LogP contribution in [0.25, 0.3) is 0 Å². The number of nitrogens with one attached hydrogen (secondary N) is 1. The lowest BCUT2D eigenvalue weighted by atomic mass is 9.90. The van der Waals surface area contributed by atoms with Gasteiger partial charge in [0.25, 0.3) is 5.91 Å². The van der Waals surface area contributed by atoms with Crippen molar-refractivity contribution in [1.29, 1.82) is 0 Å². The van der Waals surface area contributed by atoms with Crippen LogP contribution in [-0.4, -0.2) is 34.5 Å². The summed E-state index contributed by atoms with van der Waals surface area (Å²) in [6, 6.07) is 12.5. The van der Waals surface area contributed by atoms with E-state index in [9.17, 15) is 4.79 Å². The molecule has 1 aliphatic rings. The van der Waals surface area contributed by atoms with Gasteiger partial charge in [0.15, 0.2) is 0 Å². The number of piperidine rings is 1. The van der Waals surface area contributed by atoms with Crippen LogP contribution in [0.2, 0.25) is 0 Å². The van der Waals surface area contributed by atoms with E-state index in [1.807, 2.05) is 33.8 Å². The molecule has 5 heteroatoms. The molecule has 0 radical (unpaired) electrons. The van der Waals surface area contributed by atoms with Crippen molar-refractivity contribution in [2.45, 2.75) is 52.5 Å². The molecule has 1 aromatic carbocycles. The predicted molar refractivity (Wildman–Crippen MR) is 109 cm³/mol. The Hall–Kier alpha value is -2.43. The highest BCUT2D eigenvalue weighted by Crippen LogP contribution is 2.25. The molecule has 27 heavy (non-hydrogen) atoms. The second-order valence-electron chi connectivity index (χ2n) is 8.48. The lowest BCUT2D eigenvalue weighted by Crippen LogP contribution is -2.41. The molecule has 1 N–H and O–H groups in total. The van der Waals surface area contributed by atoms with Gasteiger partial charge in [-0.15, -0.1) is 0 Å². The van der Waals surface area contributed by atoms with Gasteiger partial charge in [0.1, 0.15) is 17.3 Å².